The van der Waals surface area contributed by atoms with Gasteiger partial charge in [0.1, 0.15) is 0 Å². The molecule has 1 aromatic carbocycles. The summed E-state index contributed by atoms with van der Waals surface area (Å²) in [7, 11) is 0. The molecule has 0 spiro atoms. The van der Waals surface area contributed by atoms with Gasteiger partial charge in [0.15, 0.2) is 16.1 Å². The maximum absolute atomic E-state index is 5.27. The molecule has 0 atom stereocenters. The SMILES string of the molecule is CC(C)c1[nH]nc2c(NCc3ccc(-n4cccn4)cc3)nc(=S)[nH]c12. The Hall–Kier alpha value is -3.00. The van der Waals surface area contributed by atoms with Crippen molar-refractivity contribution < 1.29 is 0 Å². The van der Waals surface area contributed by atoms with Crippen molar-refractivity contribution in [1.82, 2.24) is 29.9 Å². The van der Waals surface area contributed by atoms with Gasteiger partial charge >= 0.3 is 0 Å². The molecule has 0 fully saturated rings. The number of aromatic nitrogens is 6. The van der Waals surface area contributed by atoms with E-state index in [1.165, 1.54) is 0 Å². The molecule has 0 saturated carbocycles. The molecule has 0 aliphatic heterocycles. The Labute approximate surface area is 155 Å². The molecule has 0 unspecified atom stereocenters. The van der Waals surface area contributed by atoms with Gasteiger partial charge in [-0.05, 0) is 41.9 Å². The van der Waals surface area contributed by atoms with Crippen molar-refractivity contribution in [1.29, 1.82) is 0 Å². The average Bonchev–Trinajstić information content (AvgIpc) is 3.29. The zero-order valence-electron chi connectivity index (χ0n) is 14.5. The van der Waals surface area contributed by atoms with E-state index in [-0.39, 0.29) is 0 Å². The van der Waals surface area contributed by atoms with E-state index >= 15 is 0 Å². The fraction of sp³-hybridized carbons (Fsp3) is 0.222. The van der Waals surface area contributed by atoms with Gasteiger partial charge in [0.2, 0.25) is 0 Å². The molecule has 0 aliphatic carbocycles. The molecule has 132 valence electrons. The summed E-state index contributed by atoms with van der Waals surface area (Å²) in [6, 6.07) is 10.1. The zero-order valence-corrected chi connectivity index (χ0v) is 15.3. The quantitative estimate of drug-likeness (QED) is 0.466. The monoisotopic (exact) mass is 365 g/mol. The Bertz CT molecular complexity index is 1080. The lowest BCUT2D eigenvalue weighted by molar-refractivity contribution is 0.815. The average molecular weight is 365 g/mol. The molecule has 0 bridgehead atoms. The van der Waals surface area contributed by atoms with Gasteiger partial charge in [0, 0.05) is 18.9 Å². The summed E-state index contributed by atoms with van der Waals surface area (Å²) in [6.45, 7) is 4.85. The van der Waals surface area contributed by atoms with Gasteiger partial charge in [0.05, 0.1) is 16.9 Å². The van der Waals surface area contributed by atoms with Crippen molar-refractivity contribution in [3.05, 3.63) is 58.8 Å². The van der Waals surface area contributed by atoms with E-state index in [0.717, 1.165) is 28.0 Å². The minimum atomic E-state index is 0.316. The van der Waals surface area contributed by atoms with Crippen LogP contribution in [0.1, 0.15) is 31.0 Å². The summed E-state index contributed by atoms with van der Waals surface area (Å²) in [5.74, 6) is 0.999. The molecule has 7 nitrogen and oxygen atoms in total. The maximum Gasteiger partial charge on any atom is 0.199 e. The summed E-state index contributed by atoms with van der Waals surface area (Å²) in [5.41, 5.74) is 4.87. The summed E-state index contributed by atoms with van der Waals surface area (Å²) >= 11 is 5.27. The Balaban J connectivity index is 1.57. The highest BCUT2D eigenvalue weighted by Crippen LogP contribution is 2.25. The second-order valence-corrected chi connectivity index (χ2v) is 6.76. The Morgan fingerprint density at radius 2 is 2.04 bits per heavy atom. The molecule has 4 aromatic rings. The number of benzene rings is 1. The van der Waals surface area contributed by atoms with E-state index in [4.69, 9.17) is 12.2 Å². The summed E-state index contributed by atoms with van der Waals surface area (Å²) in [5, 5.41) is 15.1. The smallest absolute Gasteiger partial charge is 0.199 e. The van der Waals surface area contributed by atoms with Crippen LogP contribution >= 0.6 is 12.2 Å². The molecular weight excluding hydrogens is 346 g/mol. The molecule has 3 N–H and O–H groups in total. The topological polar surface area (TPSA) is 87.2 Å². The largest absolute Gasteiger partial charge is 0.364 e. The molecular formula is C18H19N7S. The van der Waals surface area contributed by atoms with Crippen molar-refractivity contribution in [3.63, 3.8) is 0 Å². The standard InChI is InChI=1S/C18H19N7S/c1-11(2)14-15-16(24-23-14)17(22-18(26)21-15)19-10-12-4-6-13(7-5-12)25-9-3-8-20-25/h3-9,11H,10H2,1-2H3,(H,23,24)(H2,19,21,22,26). The molecule has 0 amide bonds. The van der Waals surface area contributed by atoms with E-state index in [1.807, 2.05) is 29.1 Å². The van der Waals surface area contributed by atoms with Crippen molar-refractivity contribution in [2.24, 2.45) is 0 Å². The lowest BCUT2D eigenvalue weighted by Crippen LogP contribution is -2.04. The molecule has 0 aliphatic rings. The number of H-pyrrole nitrogens is 2. The van der Waals surface area contributed by atoms with Crippen LogP contribution in [0.3, 0.4) is 0 Å². The molecule has 0 saturated heterocycles. The van der Waals surface area contributed by atoms with Crippen LogP contribution in [0.25, 0.3) is 16.7 Å². The molecule has 3 heterocycles. The first-order valence-electron chi connectivity index (χ1n) is 8.43. The van der Waals surface area contributed by atoms with E-state index < -0.39 is 0 Å². The highest BCUT2D eigenvalue weighted by Gasteiger charge is 2.14. The first kappa shape index (κ1) is 16.5. The molecule has 8 heteroatoms. The second-order valence-electron chi connectivity index (χ2n) is 6.38. The van der Waals surface area contributed by atoms with Crippen LogP contribution in [-0.4, -0.2) is 29.9 Å². The fourth-order valence-corrected chi connectivity index (χ4v) is 3.05. The molecule has 4 rings (SSSR count). The number of hydrogen-bond acceptors (Lipinski definition) is 5. The van der Waals surface area contributed by atoms with Crippen molar-refractivity contribution in [3.8, 4) is 5.69 Å². The van der Waals surface area contributed by atoms with Gasteiger partial charge in [-0.3, -0.25) is 5.10 Å². The Kier molecular flexibility index (Phi) is 4.26. The first-order chi connectivity index (χ1) is 12.6. The number of rotatable bonds is 5. The van der Waals surface area contributed by atoms with E-state index in [0.29, 0.717) is 23.1 Å². The van der Waals surface area contributed by atoms with Gasteiger partial charge in [-0.15, -0.1) is 0 Å². The minimum absolute atomic E-state index is 0.316. The number of nitrogens with one attached hydrogen (secondary N) is 3. The lowest BCUT2D eigenvalue weighted by Gasteiger charge is -2.08. The number of anilines is 1. The number of hydrogen-bond donors (Lipinski definition) is 3. The molecule has 0 radical (unpaired) electrons. The number of fused-ring (bicyclic) bond motifs is 1. The van der Waals surface area contributed by atoms with Crippen LogP contribution in [0, 0.1) is 4.77 Å². The number of aromatic amines is 2. The van der Waals surface area contributed by atoms with Gasteiger partial charge in [-0.1, -0.05) is 26.0 Å². The number of nitrogens with zero attached hydrogens (tertiary/aromatic N) is 4. The lowest BCUT2D eigenvalue weighted by atomic mass is 10.1. The van der Waals surface area contributed by atoms with Gasteiger partial charge < -0.3 is 10.3 Å². The van der Waals surface area contributed by atoms with E-state index in [9.17, 15) is 0 Å². The van der Waals surface area contributed by atoms with Crippen LogP contribution in [-0.2, 0) is 6.54 Å². The van der Waals surface area contributed by atoms with Crippen LogP contribution in [0.15, 0.2) is 42.7 Å². The van der Waals surface area contributed by atoms with Crippen molar-refractivity contribution >= 4 is 29.1 Å². The highest BCUT2D eigenvalue weighted by molar-refractivity contribution is 7.71. The summed E-state index contributed by atoms with van der Waals surface area (Å²) in [4.78, 5) is 7.54. The van der Waals surface area contributed by atoms with Gasteiger partial charge in [-0.25, -0.2) is 9.67 Å². The van der Waals surface area contributed by atoms with E-state index in [2.05, 4.69) is 56.6 Å². The maximum atomic E-state index is 5.27. The minimum Gasteiger partial charge on any atom is -0.364 e. The second kappa shape index (κ2) is 6.72. The Morgan fingerprint density at radius 1 is 1.23 bits per heavy atom. The van der Waals surface area contributed by atoms with Crippen LogP contribution in [0.4, 0.5) is 5.82 Å². The molecule has 26 heavy (non-hydrogen) atoms. The predicted molar refractivity (Wildman–Crippen MR) is 104 cm³/mol. The third-order valence-corrected chi connectivity index (χ3v) is 4.40. The van der Waals surface area contributed by atoms with Crippen LogP contribution in [0.2, 0.25) is 0 Å². The summed E-state index contributed by atoms with van der Waals surface area (Å²) in [6.07, 6.45) is 3.68. The van der Waals surface area contributed by atoms with Gasteiger partial charge in [-0.2, -0.15) is 10.2 Å². The predicted octanol–water partition coefficient (Wildman–Crippen LogP) is 3.94. The van der Waals surface area contributed by atoms with Gasteiger partial charge in [0.25, 0.3) is 0 Å². The first-order valence-corrected chi connectivity index (χ1v) is 8.84. The van der Waals surface area contributed by atoms with Crippen LogP contribution < -0.4 is 5.32 Å². The van der Waals surface area contributed by atoms with Crippen LogP contribution in [0.5, 0.6) is 0 Å². The van der Waals surface area contributed by atoms with Crippen molar-refractivity contribution in [2.45, 2.75) is 26.3 Å². The highest BCUT2D eigenvalue weighted by atomic mass is 32.1. The molecule has 3 aromatic heterocycles. The Morgan fingerprint density at radius 3 is 2.73 bits per heavy atom. The van der Waals surface area contributed by atoms with E-state index in [1.54, 1.807) is 6.20 Å². The van der Waals surface area contributed by atoms with Crippen molar-refractivity contribution in [2.75, 3.05) is 5.32 Å². The summed E-state index contributed by atoms with van der Waals surface area (Å²) < 4.78 is 2.27. The zero-order chi connectivity index (χ0) is 18.1. The third-order valence-electron chi connectivity index (χ3n) is 4.21. The third kappa shape index (κ3) is 3.11. The normalized spacial score (nSPS) is 11.3. The fourth-order valence-electron chi connectivity index (χ4n) is 2.86.